The molecule has 3 aromatic rings. The average molecular weight is 544 g/mol. The Hall–Kier alpha value is -2.14. The molecule has 3 rings (SSSR count). The Labute approximate surface area is 193 Å². The van der Waals surface area contributed by atoms with Crippen LogP contribution in [0.15, 0.2) is 53.5 Å². The number of aromatic amines is 1. The van der Waals surface area contributed by atoms with Crippen LogP contribution in [0.1, 0.15) is 23.7 Å². The van der Waals surface area contributed by atoms with E-state index < -0.39 is 15.7 Å². The van der Waals surface area contributed by atoms with Crippen molar-refractivity contribution in [3.63, 3.8) is 0 Å². The van der Waals surface area contributed by atoms with Crippen LogP contribution in [0.25, 0.3) is 10.9 Å². The molecule has 0 aliphatic rings. The molecule has 0 unspecified atom stereocenters. The van der Waals surface area contributed by atoms with Crippen molar-refractivity contribution < 1.29 is 12.8 Å². The molecule has 0 bridgehead atoms. The summed E-state index contributed by atoms with van der Waals surface area (Å²) >= 11 is 0. The van der Waals surface area contributed by atoms with Gasteiger partial charge in [-0.25, -0.2) is 17.8 Å². The van der Waals surface area contributed by atoms with Crippen molar-refractivity contribution in [1.82, 2.24) is 15.6 Å². The van der Waals surface area contributed by atoms with E-state index in [1.807, 2.05) is 31.2 Å². The highest BCUT2D eigenvalue weighted by Crippen LogP contribution is 2.16. The van der Waals surface area contributed by atoms with Crippen molar-refractivity contribution in [3.8, 4) is 0 Å². The van der Waals surface area contributed by atoms with Crippen LogP contribution in [0, 0.1) is 5.82 Å². The maximum absolute atomic E-state index is 13.7. The number of guanidine groups is 1. The number of para-hydroxylation sites is 1. The van der Waals surface area contributed by atoms with Crippen LogP contribution in [-0.4, -0.2) is 32.2 Å². The van der Waals surface area contributed by atoms with Crippen LogP contribution >= 0.6 is 24.0 Å². The molecule has 0 spiro atoms. The van der Waals surface area contributed by atoms with Crippen molar-refractivity contribution in [2.45, 2.75) is 25.8 Å². The van der Waals surface area contributed by atoms with Gasteiger partial charge in [-0.1, -0.05) is 24.3 Å². The number of halogens is 2. The summed E-state index contributed by atoms with van der Waals surface area (Å²) in [5.41, 5.74) is 3.19. The second kappa shape index (κ2) is 10.8. The Kier molecular flexibility index (Phi) is 8.65. The number of hydrogen-bond donors (Lipinski definition) is 3. The van der Waals surface area contributed by atoms with Gasteiger partial charge < -0.3 is 15.6 Å². The van der Waals surface area contributed by atoms with E-state index in [9.17, 15) is 12.8 Å². The maximum Gasteiger partial charge on any atom is 0.191 e. The maximum atomic E-state index is 13.7. The van der Waals surface area contributed by atoms with E-state index >= 15 is 0 Å². The Balaban J connectivity index is 0.00000320. The zero-order valence-corrected chi connectivity index (χ0v) is 20.1. The fourth-order valence-corrected chi connectivity index (χ4v) is 3.93. The molecule has 3 N–H and O–H groups in total. The monoisotopic (exact) mass is 544 g/mol. The standard InChI is InChI=1S/C21H25FN4O2S.HI/c1-3-23-21(25-13-19-11-15-6-4-5-7-20(15)26-19)24-12-17-10-18(22)9-8-16(17)14-29(2,27)28;/h4-11,26H,3,12-14H2,1-2H3,(H2,23,24,25);1H. The van der Waals surface area contributed by atoms with E-state index in [-0.39, 0.29) is 36.3 Å². The number of H-pyrrole nitrogens is 1. The van der Waals surface area contributed by atoms with Crippen LogP contribution < -0.4 is 10.6 Å². The molecule has 6 nitrogen and oxygen atoms in total. The van der Waals surface area contributed by atoms with Crippen molar-refractivity contribution in [2.75, 3.05) is 12.8 Å². The van der Waals surface area contributed by atoms with Crippen LogP contribution in [0.4, 0.5) is 4.39 Å². The lowest BCUT2D eigenvalue weighted by Crippen LogP contribution is -2.36. The number of sulfone groups is 1. The molecule has 0 atom stereocenters. The minimum Gasteiger partial charge on any atom is -0.357 e. The van der Waals surface area contributed by atoms with Gasteiger partial charge in [0, 0.05) is 24.0 Å². The van der Waals surface area contributed by atoms with Crippen molar-refractivity contribution in [2.24, 2.45) is 4.99 Å². The molecule has 0 saturated heterocycles. The lowest BCUT2D eigenvalue weighted by atomic mass is 10.1. The Morgan fingerprint density at radius 3 is 2.57 bits per heavy atom. The average Bonchev–Trinajstić information content (AvgIpc) is 3.08. The zero-order valence-electron chi connectivity index (χ0n) is 16.9. The first-order valence-electron chi connectivity index (χ1n) is 9.38. The van der Waals surface area contributed by atoms with Gasteiger partial charge in [0.15, 0.2) is 15.8 Å². The number of nitrogens with zero attached hydrogens (tertiary/aromatic N) is 1. The number of rotatable bonds is 7. The number of aliphatic imine (C=N–C) groups is 1. The Morgan fingerprint density at radius 2 is 1.87 bits per heavy atom. The quantitative estimate of drug-likeness (QED) is 0.241. The molecule has 2 aromatic carbocycles. The van der Waals surface area contributed by atoms with Gasteiger partial charge in [-0.05, 0) is 47.7 Å². The molecule has 9 heteroatoms. The predicted octanol–water partition coefficient (Wildman–Crippen LogP) is 3.72. The normalized spacial score (nSPS) is 11.9. The fourth-order valence-electron chi connectivity index (χ4n) is 3.08. The highest BCUT2D eigenvalue weighted by molar-refractivity contribution is 14.0. The van der Waals surface area contributed by atoms with E-state index in [0.717, 1.165) is 22.9 Å². The van der Waals surface area contributed by atoms with Crippen LogP contribution in [0.5, 0.6) is 0 Å². The van der Waals surface area contributed by atoms with Gasteiger partial charge in [0.25, 0.3) is 0 Å². The molecule has 162 valence electrons. The molecule has 1 aromatic heterocycles. The minimum atomic E-state index is -3.23. The minimum absolute atomic E-state index is 0. The largest absolute Gasteiger partial charge is 0.357 e. The third-order valence-corrected chi connectivity index (χ3v) is 5.21. The van der Waals surface area contributed by atoms with E-state index in [1.165, 1.54) is 18.2 Å². The summed E-state index contributed by atoms with van der Waals surface area (Å²) in [5, 5.41) is 7.53. The topological polar surface area (TPSA) is 86.3 Å². The molecular weight excluding hydrogens is 518 g/mol. The number of aromatic nitrogens is 1. The second-order valence-electron chi connectivity index (χ2n) is 6.91. The summed E-state index contributed by atoms with van der Waals surface area (Å²) in [6, 6.07) is 14.2. The smallest absolute Gasteiger partial charge is 0.191 e. The number of fused-ring (bicyclic) bond motifs is 1. The molecule has 0 saturated carbocycles. The van der Waals surface area contributed by atoms with Gasteiger partial charge in [-0.2, -0.15) is 0 Å². The molecule has 0 aliphatic heterocycles. The van der Waals surface area contributed by atoms with Gasteiger partial charge in [-0.3, -0.25) is 0 Å². The number of nitrogens with one attached hydrogen (secondary N) is 3. The first-order chi connectivity index (χ1) is 13.8. The molecule has 0 aliphatic carbocycles. The van der Waals surface area contributed by atoms with E-state index in [2.05, 4.69) is 26.7 Å². The predicted molar refractivity (Wildman–Crippen MR) is 130 cm³/mol. The lowest BCUT2D eigenvalue weighted by molar-refractivity contribution is 0.600. The molecule has 1 heterocycles. The van der Waals surface area contributed by atoms with Crippen LogP contribution in [0.2, 0.25) is 0 Å². The van der Waals surface area contributed by atoms with Crippen LogP contribution in [-0.2, 0) is 28.7 Å². The van der Waals surface area contributed by atoms with E-state index in [1.54, 1.807) is 0 Å². The summed E-state index contributed by atoms with van der Waals surface area (Å²) in [4.78, 5) is 7.85. The Morgan fingerprint density at radius 1 is 1.10 bits per heavy atom. The van der Waals surface area contributed by atoms with Crippen LogP contribution in [0.3, 0.4) is 0 Å². The summed E-state index contributed by atoms with van der Waals surface area (Å²) < 4.78 is 37.0. The molecule has 0 radical (unpaired) electrons. The van der Waals surface area contributed by atoms with Gasteiger partial charge in [0.1, 0.15) is 5.82 Å². The number of benzene rings is 2. The van der Waals surface area contributed by atoms with Crippen molar-refractivity contribution >= 4 is 50.7 Å². The first kappa shape index (κ1) is 24.1. The lowest BCUT2D eigenvalue weighted by Gasteiger charge is -2.12. The summed E-state index contributed by atoms with van der Waals surface area (Å²) in [5.74, 6) is 0.0150. The van der Waals surface area contributed by atoms with Crippen molar-refractivity contribution in [3.05, 3.63) is 71.2 Å². The highest BCUT2D eigenvalue weighted by Gasteiger charge is 2.11. The summed E-state index contributed by atoms with van der Waals surface area (Å²) in [6.07, 6.45) is 1.16. The van der Waals surface area contributed by atoms with E-state index in [4.69, 9.17) is 0 Å². The molecule has 0 amide bonds. The zero-order chi connectivity index (χ0) is 20.9. The second-order valence-corrected chi connectivity index (χ2v) is 9.05. The third kappa shape index (κ3) is 6.98. The Bertz CT molecular complexity index is 1100. The molecule has 0 fully saturated rings. The third-order valence-electron chi connectivity index (χ3n) is 4.37. The summed E-state index contributed by atoms with van der Waals surface area (Å²) in [7, 11) is -3.23. The van der Waals surface area contributed by atoms with Gasteiger partial charge in [0.05, 0.1) is 18.8 Å². The van der Waals surface area contributed by atoms with Gasteiger partial charge in [-0.15, -0.1) is 24.0 Å². The fraction of sp³-hybridized carbons (Fsp3) is 0.286. The van der Waals surface area contributed by atoms with Gasteiger partial charge >= 0.3 is 0 Å². The van der Waals surface area contributed by atoms with Crippen molar-refractivity contribution in [1.29, 1.82) is 0 Å². The highest BCUT2D eigenvalue weighted by atomic mass is 127. The SMILES string of the molecule is CCNC(=NCc1cc(F)ccc1CS(C)(=O)=O)NCc1cc2ccccc2[nH]1.I. The van der Waals surface area contributed by atoms with E-state index in [0.29, 0.717) is 30.2 Å². The molecule has 30 heavy (non-hydrogen) atoms. The first-order valence-corrected chi connectivity index (χ1v) is 11.4. The van der Waals surface area contributed by atoms with Gasteiger partial charge in [0.2, 0.25) is 0 Å². The molecular formula is C21H26FIN4O2S. The number of hydrogen-bond acceptors (Lipinski definition) is 3. The summed E-state index contributed by atoms with van der Waals surface area (Å²) in [6.45, 7) is 3.33.